The lowest BCUT2D eigenvalue weighted by Gasteiger charge is -2.07. The molecule has 8 aromatic rings. The minimum Gasteiger partial charge on any atom is -0.508 e. The van der Waals surface area contributed by atoms with Crippen LogP contribution >= 0.6 is 15.9 Å². The third kappa shape index (κ3) is 21.2. The molecule has 7 nitrogen and oxygen atoms in total. The highest BCUT2D eigenvalue weighted by atomic mass is 79.9. The van der Waals surface area contributed by atoms with Gasteiger partial charge in [0.2, 0.25) is 0 Å². The Labute approximate surface area is 409 Å². The van der Waals surface area contributed by atoms with Gasteiger partial charge in [0.25, 0.3) is 0 Å². The molecule has 1 heterocycles. The minimum absolute atomic E-state index is 0.181. The van der Waals surface area contributed by atoms with Crippen molar-refractivity contribution in [2.24, 2.45) is 0 Å². The quantitative estimate of drug-likeness (QED) is 0.0659. The molecule has 0 bridgehead atoms. The van der Waals surface area contributed by atoms with Crippen LogP contribution in [0.15, 0.2) is 218 Å². The first-order valence-electron chi connectivity index (χ1n) is 22.3. The van der Waals surface area contributed by atoms with Crippen LogP contribution in [0.1, 0.15) is 66.9 Å². The zero-order valence-corrected chi connectivity index (χ0v) is 39.6. The summed E-state index contributed by atoms with van der Waals surface area (Å²) in [6, 6.07) is 70.0. The molecule has 8 heteroatoms. The maximum atomic E-state index is 10.5. The molecule has 0 amide bonds. The third-order valence-corrected chi connectivity index (χ3v) is 10.5. The van der Waals surface area contributed by atoms with Crippen LogP contribution in [0.2, 0.25) is 0 Å². The zero-order chi connectivity index (χ0) is 47.7. The number of benzene rings is 8. The molecule has 346 valence electrons. The fourth-order valence-electron chi connectivity index (χ4n) is 6.04. The van der Waals surface area contributed by atoms with Crippen LogP contribution in [0.3, 0.4) is 0 Å². The van der Waals surface area contributed by atoms with Gasteiger partial charge in [-0.3, -0.25) is 9.59 Å². The van der Waals surface area contributed by atoms with E-state index in [1.165, 1.54) is 30.5 Å². The van der Waals surface area contributed by atoms with E-state index in [1.54, 1.807) is 36.4 Å². The summed E-state index contributed by atoms with van der Waals surface area (Å²) >= 11 is 3.36. The van der Waals surface area contributed by atoms with Crippen molar-refractivity contribution in [3.63, 3.8) is 0 Å². The van der Waals surface area contributed by atoms with Crippen LogP contribution in [-0.2, 0) is 29.9 Å². The summed E-state index contributed by atoms with van der Waals surface area (Å²) < 4.78 is 22.2. The first-order valence-corrected chi connectivity index (χ1v) is 23.5. The van der Waals surface area contributed by atoms with Crippen molar-refractivity contribution in [2.45, 2.75) is 38.0 Å². The maximum absolute atomic E-state index is 10.5. The van der Waals surface area contributed by atoms with Crippen molar-refractivity contribution in [3.8, 4) is 23.0 Å². The molecule has 0 spiro atoms. The monoisotopic (exact) mass is 968 g/mol. The highest BCUT2D eigenvalue weighted by molar-refractivity contribution is 9.08. The summed E-state index contributed by atoms with van der Waals surface area (Å²) in [5.41, 5.74) is 8.28. The number of rotatable bonds is 14. The Kier molecular flexibility index (Phi) is 23.8. The van der Waals surface area contributed by atoms with Gasteiger partial charge in [-0.25, -0.2) is 0 Å². The summed E-state index contributed by atoms with van der Waals surface area (Å²) in [6.45, 7) is 3.70. The van der Waals surface area contributed by atoms with Gasteiger partial charge in [0.15, 0.2) is 0 Å². The molecule has 1 aliphatic rings. The van der Waals surface area contributed by atoms with Crippen LogP contribution in [0.4, 0.5) is 0 Å². The van der Waals surface area contributed by atoms with Crippen molar-refractivity contribution in [1.29, 1.82) is 0 Å². The second-order valence-corrected chi connectivity index (χ2v) is 15.7. The topological polar surface area (TPSA) is 91.3 Å². The largest absolute Gasteiger partial charge is 0.508 e. The summed E-state index contributed by atoms with van der Waals surface area (Å²) in [5, 5.41) is 9.69. The van der Waals surface area contributed by atoms with Crippen molar-refractivity contribution in [1.82, 2.24) is 0 Å². The van der Waals surface area contributed by atoms with Crippen molar-refractivity contribution >= 4 is 40.7 Å². The molecular weight excluding hydrogens is 913 g/mol. The number of carbonyl (C=O) groups is 2. The van der Waals surface area contributed by atoms with E-state index in [4.69, 9.17) is 24.1 Å². The molecule has 1 N–H and O–H groups in total. The number of phenolic OH excluding ortho intramolecular Hbond substituents is 1. The smallest absolute Gasteiger partial charge is 0.150 e. The minimum atomic E-state index is 0.181. The normalized spacial score (nSPS) is 11.1. The number of hydrogen-bond donors (Lipinski definition) is 1. The molecule has 0 atom stereocenters. The molecule has 1 fully saturated rings. The summed E-state index contributed by atoms with van der Waals surface area (Å²) in [4.78, 5) is 20.5. The summed E-state index contributed by atoms with van der Waals surface area (Å²) in [7, 11) is 0. The lowest BCUT2D eigenvalue weighted by atomic mass is 10.1. The Morgan fingerprint density at radius 2 is 0.691 bits per heavy atom. The Balaban J connectivity index is 0.000000187. The Morgan fingerprint density at radius 1 is 0.397 bits per heavy atom. The van der Waals surface area contributed by atoms with Crippen LogP contribution in [0, 0.1) is 0 Å². The molecule has 8 aromatic carbocycles. The molecule has 0 aromatic heterocycles. The second kappa shape index (κ2) is 31.4. The van der Waals surface area contributed by atoms with Crippen LogP contribution in [0.25, 0.3) is 12.2 Å². The first kappa shape index (κ1) is 51.5. The van der Waals surface area contributed by atoms with Crippen LogP contribution < -0.4 is 14.2 Å². The van der Waals surface area contributed by atoms with Gasteiger partial charge in [0.05, 0.1) is 0 Å². The predicted molar refractivity (Wildman–Crippen MR) is 279 cm³/mol. The average molecular weight is 970 g/mol. The van der Waals surface area contributed by atoms with Crippen molar-refractivity contribution < 1.29 is 33.6 Å². The fourth-order valence-corrected chi connectivity index (χ4v) is 6.41. The van der Waals surface area contributed by atoms with Gasteiger partial charge in [-0.1, -0.05) is 174 Å². The molecule has 1 aliphatic heterocycles. The Hall–Kier alpha value is -7.52. The number of alkyl halides is 1. The lowest BCUT2D eigenvalue weighted by molar-refractivity contribution is 0.111. The highest BCUT2D eigenvalue weighted by Crippen LogP contribution is 2.19. The summed E-state index contributed by atoms with van der Waals surface area (Å²) in [5.74, 6) is 2.70. The van der Waals surface area contributed by atoms with E-state index < -0.39 is 0 Å². The Morgan fingerprint density at radius 3 is 0.956 bits per heavy atom. The van der Waals surface area contributed by atoms with Gasteiger partial charge in [-0.2, -0.15) is 0 Å². The zero-order valence-electron chi connectivity index (χ0n) is 38.0. The van der Waals surface area contributed by atoms with Gasteiger partial charge in [0.1, 0.15) is 55.4 Å². The van der Waals surface area contributed by atoms with E-state index in [1.807, 2.05) is 109 Å². The number of ether oxygens (including phenoxy) is 4. The standard InChI is InChI=1S/C28H24O2.C14H12O2.C7H7Br.C7H6O2.C4H8O/c1-3-7-25(8-4-1)21-29-27-17-13-23(14-18-27)11-12-24-15-19-28(20-16-24)30-22-26-9-5-2-6-10-26;15-10-12-6-8-14(9-7-12)16-11-13-4-2-1-3-5-13;8-6-7-4-2-1-3-5-7;8-5-6-1-3-7(9)4-2-6;1-2-4-5-3-1/h1-20H,21-22H2;1-10H,11H2;1-5H,6H2;1-5,9H;1-4H2/b12-11+;;;;. The number of hydrogen-bond acceptors (Lipinski definition) is 7. The van der Waals surface area contributed by atoms with E-state index in [-0.39, 0.29) is 5.75 Å². The van der Waals surface area contributed by atoms with E-state index in [9.17, 15) is 9.59 Å². The fraction of sp³-hybridized carbons (Fsp3) is 0.133. The first-order chi connectivity index (χ1) is 33.5. The average Bonchev–Trinajstić information content (AvgIpc) is 4.02. The van der Waals surface area contributed by atoms with Crippen LogP contribution in [-0.4, -0.2) is 30.9 Å². The van der Waals surface area contributed by atoms with E-state index in [2.05, 4.69) is 88.7 Å². The lowest BCUT2D eigenvalue weighted by Crippen LogP contribution is -1.94. The van der Waals surface area contributed by atoms with Crippen molar-refractivity contribution in [3.05, 3.63) is 263 Å². The number of aldehydes is 2. The van der Waals surface area contributed by atoms with Gasteiger partial charge in [-0.05, 0) is 119 Å². The maximum Gasteiger partial charge on any atom is 0.150 e. The molecule has 0 radical (unpaired) electrons. The molecule has 0 saturated carbocycles. The highest BCUT2D eigenvalue weighted by Gasteiger charge is 1.99. The van der Waals surface area contributed by atoms with E-state index in [0.717, 1.165) is 76.2 Å². The van der Waals surface area contributed by atoms with Crippen molar-refractivity contribution in [2.75, 3.05) is 13.2 Å². The number of phenols is 1. The number of carbonyl (C=O) groups excluding carboxylic acids is 2. The van der Waals surface area contributed by atoms with Gasteiger partial charge in [-0.15, -0.1) is 0 Å². The van der Waals surface area contributed by atoms with Crippen LogP contribution in [0.5, 0.6) is 23.0 Å². The molecular formula is C60H57BrO7. The van der Waals surface area contributed by atoms with Gasteiger partial charge < -0.3 is 24.1 Å². The van der Waals surface area contributed by atoms with Gasteiger partial charge in [0, 0.05) is 29.7 Å². The number of halogens is 1. The Bertz CT molecular complexity index is 2470. The SMILES string of the molecule is BrCc1ccccc1.C(=C\c1ccc(OCc2ccccc2)cc1)/c1ccc(OCc2ccccc2)cc1.C1CCOC1.O=Cc1ccc(O)cc1.O=Cc1ccc(OCc2ccccc2)cc1. The molecule has 0 aliphatic carbocycles. The third-order valence-electron chi connectivity index (χ3n) is 9.84. The predicted octanol–water partition coefficient (Wildman–Crippen LogP) is 14.7. The second-order valence-electron chi connectivity index (χ2n) is 15.1. The van der Waals surface area contributed by atoms with Gasteiger partial charge >= 0.3 is 0 Å². The molecule has 1 saturated heterocycles. The van der Waals surface area contributed by atoms with E-state index in [0.29, 0.717) is 30.9 Å². The number of aromatic hydroxyl groups is 1. The molecule has 68 heavy (non-hydrogen) atoms. The molecule has 9 rings (SSSR count). The van der Waals surface area contributed by atoms with E-state index >= 15 is 0 Å². The molecule has 0 unspecified atom stereocenters. The summed E-state index contributed by atoms with van der Waals surface area (Å²) in [6.07, 6.45) is 8.31.